The summed E-state index contributed by atoms with van der Waals surface area (Å²) in [6.45, 7) is 3.40. The van der Waals surface area contributed by atoms with Crippen molar-refractivity contribution in [2.45, 2.75) is 13.8 Å². The quantitative estimate of drug-likeness (QED) is 0.880. The van der Waals surface area contributed by atoms with Crippen LogP contribution in [-0.4, -0.2) is 16.8 Å². The average molecular weight is 312 g/mol. The summed E-state index contributed by atoms with van der Waals surface area (Å²) in [6, 6.07) is 7.14. The third-order valence-electron chi connectivity index (χ3n) is 3.55. The second kappa shape index (κ2) is 6.32. The summed E-state index contributed by atoms with van der Waals surface area (Å²) in [4.78, 5) is 12.2. The number of nitriles is 1. The summed E-state index contributed by atoms with van der Waals surface area (Å²) in [7, 11) is 2.94. The minimum Gasteiger partial charge on any atom is -0.497 e. The number of ether oxygens (including phenoxy) is 1. The van der Waals surface area contributed by atoms with Crippen LogP contribution in [0.1, 0.15) is 16.7 Å². The van der Waals surface area contributed by atoms with Crippen LogP contribution in [0.15, 0.2) is 33.2 Å². The van der Waals surface area contributed by atoms with Crippen molar-refractivity contribution in [3.63, 3.8) is 0 Å². The van der Waals surface area contributed by atoms with Gasteiger partial charge in [0.05, 0.1) is 12.8 Å². The SMILES string of the molecule is COc1ccc(N=Nc2c(C)c(C#N)c(O)n(C)c2=O)c(C)c1. The molecule has 0 unspecified atom stereocenters. The van der Waals surface area contributed by atoms with E-state index >= 15 is 0 Å². The van der Waals surface area contributed by atoms with Crippen molar-refractivity contribution in [2.24, 2.45) is 17.3 Å². The van der Waals surface area contributed by atoms with Crippen molar-refractivity contribution in [3.05, 3.63) is 45.2 Å². The van der Waals surface area contributed by atoms with Crippen molar-refractivity contribution >= 4 is 11.4 Å². The van der Waals surface area contributed by atoms with E-state index in [4.69, 9.17) is 10.00 Å². The number of hydrogen-bond acceptors (Lipinski definition) is 6. The second-order valence-electron chi connectivity index (χ2n) is 5.00. The van der Waals surface area contributed by atoms with Gasteiger partial charge < -0.3 is 9.84 Å². The molecule has 1 heterocycles. The Bertz CT molecular complexity index is 892. The fourth-order valence-electron chi connectivity index (χ4n) is 2.09. The van der Waals surface area contributed by atoms with E-state index in [9.17, 15) is 9.90 Å². The molecule has 7 nitrogen and oxygen atoms in total. The molecule has 0 saturated heterocycles. The number of pyridine rings is 1. The van der Waals surface area contributed by atoms with Crippen LogP contribution in [0.4, 0.5) is 11.4 Å². The molecule has 0 bridgehead atoms. The molecular weight excluding hydrogens is 296 g/mol. The lowest BCUT2D eigenvalue weighted by Gasteiger charge is -2.08. The Morgan fingerprint density at radius 3 is 2.57 bits per heavy atom. The lowest BCUT2D eigenvalue weighted by Crippen LogP contribution is -2.18. The van der Waals surface area contributed by atoms with Crippen LogP contribution in [-0.2, 0) is 7.05 Å². The molecule has 118 valence electrons. The molecule has 7 heteroatoms. The Balaban J connectivity index is 2.55. The molecule has 1 N–H and O–H groups in total. The minimum absolute atomic E-state index is 0.00695. The summed E-state index contributed by atoms with van der Waals surface area (Å²) >= 11 is 0. The lowest BCUT2D eigenvalue weighted by molar-refractivity contribution is 0.414. The van der Waals surface area contributed by atoms with Gasteiger partial charge in [0.1, 0.15) is 17.4 Å². The molecule has 0 spiro atoms. The standard InChI is InChI=1S/C16H16N4O3/c1-9-7-11(23-4)5-6-13(9)18-19-14-10(2)12(8-17)15(21)20(3)16(14)22/h5-7,21H,1-4H3. The first-order valence-electron chi connectivity index (χ1n) is 6.79. The largest absolute Gasteiger partial charge is 0.497 e. The normalized spacial score (nSPS) is 10.7. The number of azo groups is 1. The number of methoxy groups -OCH3 is 1. The van der Waals surface area contributed by atoms with Gasteiger partial charge in [-0.05, 0) is 37.6 Å². The van der Waals surface area contributed by atoms with Crippen LogP contribution >= 0.6 is 0 Å². The first-order chi connectivity index (χ1) is 10.9. The fourth-order valence-corrected chi connectivity index (χ4v) is 2.09. The van der Waals surface area contributed by atoms with E-state index in [1.807, 2.05) is 13.0 Å². The topological polar surface area (TPSA) is 100.0 Å². The van der Waals surface area contributed by atoms with Gasteiger partial charge in [0.2, 0.25) is 5.88 Å². The zero-order chi connectivity index (χ0) is 17.1. The van der Waals surface area contributed by atoms with Crippen molar-refractivity contribution in [1.82, 2.24) is 4.57 Å². The van der Waals surface area contributed by atoms with Crippen LogP contribution in [0.25, 0.3) is 0 Å². The summed E-state index contributed by atoms with van der Waals surface area (Å²) in [6.07, 6.45) is 0. The van der Waals surface area contributed by atoms with Gasteiger partial charge in [-0.1, -0.05) is 0 Å². The van der Waals surface area contributed by atoms with Gasteiger partial charge in [-0.3, -0.25) is 9.36 Å². The van der Waals surface area contributed by atoms with E-state index in [2.05, 4.69) is 10.2 Å². The molecule has 0 aliphatic heterocycles. The van der Waals surface area contributed by atoms with Gasteiger partial charge >= 0.3 is 0 Å². The molecule has 0 radical (unpaired) electrons. The van der Waals surface area contributed by atoms with Gasteiger partial charge in [0.15, 0.2) is 5.69 Å². The van der Waals surface area contributed by atoms with Gasteiger partial charge in [-0.25, -0.2) is 0 Å². The van der Waals surface area contributed by atoms with Crippen molar-refractivity contribution in [3.8, 4) is 17.7 Å². The number of rotatable bonds is 3. The fraction of sp³-hybridized carbons (Fsp3) is 0.250. The Hall–Kier alpha value is -3.14. The zero-order valence-corrected chi connectivity index (χ0v) is 13.3. The number of nitrogens with zero attached hydrogens (tertiary/aromatic N) is 4. The maximum absolute atomic E-state index is 12.2. The van der Waals surface area contributed by atoms with Crippen molar-refractivity contribution < 1.29 is 9.84 Å². The van der Waals surface area contributed by atoms with Crippen LogP contribution in [0.5, 0.6) is 11.6 Å². The average Bonchev–Trinajstić information content (AvgIpc) is 2.54. The Morgan fingerprint density at radius 2 is 2.00 bits per heavy atom. The molecule has 0 aliphatic carbocycles. The van der Waals surface area contributed by atoms with Gasteiger partial charge in [-0.2, -0.15) is 10.4 Å². The molecule has 2 rings (SSSR count). The molecule has 1 aromatic heterocycles. The first-order valence-corrected chi connectivity index (χ1v) is 6.79. The number of aryl methyl sites for hydroxylation is 1. The summed E-state index contributed by atoms with van der Waals surface area (Å²) in [5, 5.41) is 27.0. The zero-order valence-electron chi connectivity index (χ0n) is 13.3. The maximum Gasteiger partial charge on any atom is 0.281 e. The predicted molar refractivity (Wildman–Crippen MR) is 84.7 cm³/mol. The van der Waals surface area contributed by atoms with Gasteiger partial charge in [-0.15, -0.1) is 5.11 Å². The third-order valence-corrected chi connectivity index (χ3v) is 3.55. The molecular formula is C16H16N4O3. The smallest absolute Gasteiger partial charge is 0.281 e. The Morgan fingerprint density at radius 1 is 1.30 bits per heavy atom. The maximum atomic E-state index is 12.2. The van der Waals surface area contributed by atoms with E-state index in [0.29, 0.717) is 17.0 Å². The van der Waals surface area contributed by atoms with E-state index in [-0.39, 0.29) is 17.1 Å². The lowest BCUT2D eigenvalue weighted by atomic mass is 10.1. The summed E-state index contributed by atoms with van der Waals surface area (Å²) in [5.74, 6) is 0.319. The number of aromatic hydroxyl groups is 1. The van der Waals surface area contributed by atoms with Gasteiger partial charge in [0, 0.05) is 12.6 Å². The highest BCUT2D eigenvalue weighted by atomic mass is 16.5. The molecule has 23 heavy (non-hydrogen) atoms. The van der Waals surface area contributed by atoms with Crippen molar-refractivity contribution in [2.75, 3.05) is 7.11 Å². The molecule has 2 aromatic rings. The number of aromatic nitrogens is 1. The summed E-state index contributed by atoms with van der Waals surface area (Å²) < 4.78 is 6.09. The highest BCUT2D eigenvalue weighted by Gasteiger charge is 2.17. The van der Waals surface area contributed by atoms with Crippen LogP contribution in [0.3, 0.4) is 0 Å². The number of hydrogen-bond donors (Lipinski definition) is 1. The van der Waals surface area contributed by atoms with E-state index in [0.717, 1.165) is 10.1 Å². The molecule has 1 aromatic carbocycles. The monoisotopic (exact) mass is 312 g/mol. The predicted octanol–water partition coefficient (Wildman–Crippen LogP) is 3.00. The molecule has 0 amide bonds. The van der Waals surface area contributed by atoms with E-state index in [1.54, 1.807) is 32.2 Å². The molecule has 0 fully saturated rings. The highest BCUT2D eigenvalue weighted by molar-refractivity contribution is 5.57. The third kappa shape index (κ3) is 2.92. The molecule has 0 atom stereocenters. The van der Waals surface area contributed by atoms with Crippen LogP contribution in [0, 0.1) is 25.2 Å². The molecule has 0 aliphatic rings. The van der Waals surface area contributed by atoms with Crippen molar-refractivity contribution in [1.29, 1.82) is 5.26 Å². The van der Waals surface area contributed by atoms with Crippen LogP contribution in [0.2, 0.25) is 0 Å². The first kappa shape index (κ1) is 16.2. The van der Waals surface area contributed by atoms with E-state index < -0.39 is 5.56 Å². The van der Waals surface area contributed by atoms with Crippen LogP contribution < -0.4 is 10.3 Å². The highest BCUT2D eigenvalue weighted by Crippen LogP contribution is 2.28. The second-order valence-corrected chi connectivity index (χ2v) is 5.00. The van der Waals surface area contributed by atoms with E-state index in [1.165, 1.54) is 7.05 Å². The minimum atomic E-state index is -0.520. The molecule has 0 saturated carbocycles. The van der Waals surface area contributed by atoms with Gasteiger partial charge in [0.25, 0.3) is 5.56 Å². The Labute approximate surface area is 133 Å². The number of benzene rings is 1. The summed E-state index contributed by atoms with van der Waals surface area (Å²) in [5.41, 5.74) is 1.22. The Kier molecular flexibility index (Phi) is 4.46.